The van der Waals surface area contributed by atoms with E-state index >= 15 is 0 Å². The molecule has 0 aromatic carbocycles. The van der Waals surface area contributed by atoms with E-state index in [1.165, 1.54) is 148 Å². The number of phosphoric acid groups is 1. The summed E-state index contributed by atoms with van der Waals surface area (Å²) in [6.45, 7) is 3.83. The van der Waals surface area contributed by atoms with Gasteiger partial charge in [0.15, 0.2) is 0 Å². The molecule has 0 saturated heterocycles. The Bertz CT molecular complexity index is 1200. The summed E-state index contributed by atoms with van der Waals surface area (Å²) in [4.78, 5) is 23.6. The second-order valence-corrected chi connectivity index (χ2v) is 21.4. The van der Waals surface area contributed by atoms with Crippen LogP contribution in [0.5, 0.6) is 0 Å². The van der Waals surface area contributed by atoms with Crippen LogP contribution in [0.15, 0.2) is 12.2 Å². The summed E-state index contributed by atoms with van der Waals surface area (Å²) in [6, 6.07) is -1.15. The number of carbonyl (C=O) groups excluding carboxylic acids is 1. The molecule has 1 rings (SSSR count). The normalized spacial score (nSPS) is 22.2. The molecular weight excluding hydrogens is 874 g/mol. The smallest absolute Gasteiger partial charge is 0.393 e. The van der Waals surface area contributed by atoms with Gasteiger partial charge in [-0.3, -0.25) is 13.8 Å². The molecule has 0 radical (unpaired) electrons. The van der Waals surface area contributed by atoms with Gasteiger partial charge in [0.2, 0.25) is 5.91 Å². The highest BCUT2D eigenvalue weighted by atomic mass is 31.2. The van der Waals surface area contributed by atoms with Crippen molar-refractivity contribution in [3.63, 3.8) is 0 Å². The van der Waals surface area contributed by atoms with Crippen molar-refractivity contribution in [2.24, 2.45) is 0 Å². The van der Waals surface area contributed by atoms with E-state index in [1.54, 1.807) is 0 Å². The summed E-state index contributed by atoms with van der Waals surface area (Å²) in [6.07, 6.45) is 33.9. The number of phosphoric ester groups is 1. The molecule has 0 heterocycles. The summed E-state index contributed by atoms with van der Waals surface area (Å²) in [5.41, 5.74) is 0. The number of amides is 1. The van der Waals surface area contributed by atoms with Gasteiger partial charge in [-0.25, -0.2) is 4.57 Å². The molecule has 13 nitrogen and oxygen atoms in total. The van der Waals surface area contributed by atoms with Crippen LogP contribution in [0, 0.1) is 0 Å². The number of nitrogens with one attached hydrogen (secondary N) is 1. The lowest BCUT2D eigenvalue weighted by Crippen LogP contribution is -2.64. The molecule has 14 heteroatoms. The molecule has 0 aromatic rings. The standard InChI is InChI=1S/C53H104NO12P/c1-3-5-7-9-11-13-15-17-19-21-22-23-25-27-29-31-33-35-37-39-41-46(56)45(43-65-67(63,64)66-53-51(61)49(59)48(58)50(60)52(53)62)54-47(57)42-44(55)40-38-36-34-32-30-28-26-24-20-18-16-14-12-10-8-6-4-2/h24,26,44-46,48-53,55-56,58-62H,3-23,25,27-43H2,1-2H3,(H,54,57)(H,63,64)/b26-24-. The fraction of sp³-hybridized carbons (Fsp3) is 0.943. The van der Waals surface area contributed by atoms with Gasteiger partial charge in [0, 0.05) is 0 Å². The third-order valence-electron chi connectivity index (χ3n) is 13.6. The predicted molar refractivity (Wildman–Crippen MR) is 271 cm³/mol. The Kier molecular flexibility index (Phi) is 40.8. The van der Waals surface area contributed by atoms with E-state index in [2.05, 4.69) is 31.3 Å². The Morgan fingerprint density at radius 2 is 0.836 bits per heavy atom. The van der Waals surface area contributed by atoms with E-state index in [9.17, 15) is 50.0 Å². The van der Waals surface area contributed by atoms with Gasteiger partial charge in [0.05, 0.1) is 31.3 Å². The van der Waals surface area contributed by atoms with Gasteiger partial charge in [-0.2, -0.15) is 0 Å². The molecule has 1 aliphatic carbocycles. The van der Waals surface area contributed by atoms with Crippen molar-refractivity contribution in [3.05, 3.63) is 12.2 Å². The summed E-state index contributed by atoms with van der Waals surface area (Å²) >= 11 is 0. The van der Waals surface area contributed by atoms with Crippen LogP contribution in [0.25, 0.3) is 0 Å². The number of allylic oxidation sites excluding steroid dienone is 2. The highest BCUT2D eigenvalue weighted by Crippen LogP contribution is 2.47. The molecule has 0 aliphatic heterocycles. The zero-order valence-corrected chi connectivity index (χ0v) is 43.5. The van der Waals surface area contributed by atoms with Crippen molar-refractivity contribution < 1.29 is 59.0 Å². The topological polar surface area (TPSA) is 226 Å². The highest BCUT2D eigenvalue weighted by Gasteiger charge is 2.51. The van der Waals surface area contributed by atoms with Crippen LogP contribution >= 0.6 is 7.82 Å². The molecule has 398 valence electrons. The number of rotatable bonds is 47. The summed E-state index contributed by atoms with van der Waals surface area (Å²) in [5, 5.41) is 75.0. The fourth-order valence-corrected chi connectivity index (χ4v) is 10.1. The van der Waals surface area contributed by atoms with Gasteiger partial charge >= 0.3 is 7.82 Å². The molecule has 0 spiro atoms. The summed E-state index contributed by atoms with van der Waals surface area (Å²) in [7, 11) is -5.12. The maximum Gasteiger partial charge on any atom is 0.472 e. The molecule has 9 N–H and O–H groups in total. The first-order chi connectivity index (χ1) is 32.3. The van der Waals surface area contributed by atoms with Crippen LogP contribution in [0.3, 0.4) is 0 Å². The van der Waals surface area contributed by atoms with Crippen LogP contribution in [0.2, 0.25) is 0 Å². The maximum atomic E-state index is 13.1. The quantitative estimate of drug-likeness (QED) is 0.0158. The first kappa shape index (κ1) is 64.1. The molecule has 8 unspecified atom stereocenters. The molecule has 1 fully saturated rings. The molecule has 1 amide bonds. The van der Waals surface area contributed by atoms with E-state index in [4.69, 9.17) is 9.05 Å². The van der Waals surface area contributed by atoms with E-state index in [0.717, 1.165) is 70.6 Å². The van der Waals surface area contributed by atoms with Crippen molar-refractivity contribution in [2.75, 3.05) is 6.61 Å². The fourth-order valence-electron chi connectivity index (χ4n) is 9.13. The molecule has 0 aromatic heterocycles. The Morgan fingerprint density at radius 1 is 0.507 bits per heavy atom. The van der Waals surface area contributed by atoms with E-state index in [0.29, 0.717) is 12.8 Å². The number of hydrogen-bond donors (Lipinski definition) is 9. The minimum absolute atomic E-state index is 0.224. The minimum atomic E-state index is -5.12. The Balaban J connectivity index is 2.43. The molecule has 1 saturated carbocycles. The Hall–Kier alpha value is -0.960. The van der Waals surface area contributed by atoms with Gasteiger partial charge in [-0.1, -0.05) is 225 Å². The zero-order valence-electron chi connectivity index (χ0n) is 42.6. The zero-order chi connectivity index (χ0) is 49.4. The average Bonchev–Trinajstić information content (AvgIpc) is 3.30. The third kappa shape index (κ3) is 34.1. The first-order valence-corrected chi connectivity index (χ1v) is 29.2. The SMILES string of the molecule is CCCCCCCCCC/C=C\CCCCCCCC(O)CC(=O)NC(COP(=O)(O)OC1C(O)C(O)C(O)C(O)C1O)C(O)CCCCCCCCCCCCCCCCCCCCCC. The largest absolute Gasteiger partial charge is 0.472 e. The lowest BCUT2D eigenvalue weighted by Gasteiger charge is -2.41. The van der Waals surface area contributed by atoms with Crippen LogP contribution in [-0.4, -0.2) is 108 Å². The van der Waals surface area contributed by atoms with E-state index in [-0.39, 0.29) is 12.8 Å². The Morgan fingerprint density at radius 3 is 1.22 bits per heavy atom. The van der Waals surface area contributed by atoms with Crippen LogP contribution in [0.1, 0.15) is 258 Å². The molecular formula is C53H104NO12P. The molecule has 8 atom stereocenters. The van der Waals surface area contributed by atoms with Gasteiger partial charge < -0.3 is 46.0 Å². The van der Waals surface area contributed by atoms with Gasteiger partial charge in [0.25, 0.3) is 0 Å². The second-order valence-electron chi connectivity index (χ2n) is 20.0. The number of carbonyl (C=O) groups is 1. The van der Waals surface area contributed by atoms with Crippen LogP contribution in [0.4, 0.5) is 0 Å². The monoisotopic (exact) mass is 978 g/mol. The summed E-state index contributed by atoms with van der Waals surface area (Å²) < 4.78 is 23.0. The van der Waals surface area contributed by atoms with Gasteiger partial charge in [0.1, 0.15) is 36.6 Å². The first-order valence-electron chi connectivity index (χ1n) is 27.7. The molecule has 67 heavy (non-hydrogen) atoms. The lowest BCUT2D eigenvalue weighted by molar-refractivity contribution is -0.220. The number of aliphatic hydroxyl groups is 7. The van der Waals surface area contributed by atoms with Crippen molar-refractivity contribution >= 4 is 13.7 Å². The summed E-state index contributed by atoms with van der Waals surface area (Å²) in [5.74, 6) is -0.561. The predicted octanol–water partition coefficient (Wildman–Crippen LogP) is 10.9. The molecule has 0 bridgehead atoms. The van der Waals surface area contributed by atoms with Crippen molar-refractivity contribution in [3.8, 4) is 0 Å². The van der Waals surface area contributed by atoms with Gasteiger partial charge in [-0.15, -0.1) is 0 Å². The molecule has 1 aliphatic rings. The number of unbranched alkanes of at least 4 members (excludes halogenated alkanes) is 32. The number of aliphatic hydroxyl groups excluding tert-OH is 7. The highest BCUT2D eigenvalue weighted by molar-refractivity contribution is 7.47. The number of hydrogen-bond acceptors (Lipinski definition) is 11. The van der Waals surface area contributed by atoms with E-state index < -0.39 is 75.2 Å². The van der Waals surface area contributed by atoms with E-state index in [1.807, 2.05) is 0 Å². The third-order valence-corrected chi connectivity index (χ3v) is 14.6. The Labute approximate surface area is 408 Å². The van der Waals surface area contributed by atoms with Crippen LogP contribution in [-0.2, 0) is 18.4 Å². The van der Waals surface area contributed by atoms with Crippen molar-refractivity contribution in [2.45, 2.75) is 313 Å². The average molecular weight is 978 g/mol. The van der Waals surface area contributed by atoms with Crippen LogP contribution < -0.4 is 5.32 Å². The van der Waals surface area contributed by atoms with Gasteiger partial charge in [-0.05, 0) is 38.5 Å². The van der Waals surface area contributed by atoms with Crippen molar-refractivity contribution in [1.29, 1.82) is 0 Å². The van der Waals surface area contributed by atoms with Crippen molar-refractivity contribution in [1.82, 2.24) is 5.32 Å². The second kappa shape index (κ2) is 42.7. The maximum absolute atomic E-state index is 13.1. The lowest BCUT2D eigenvalue weighted by atomic mass is 9.85. The minimum Gasteiger partial charge on any atom is -0.393 e.